The van der Waals surface area contributed by atoms with Crippen molar-refractivity contribution in [3.05, 3.63) is 0 Å². The van der Waals surface area contributed by atoms with E-state index >= 15 is 0 Å². The number of ether oxygens (including phenoxy) is 4. The first-order chi connectivity index (χ1) is 41.6. The van der Waals surface area contributed by atoms with Crippen molar-refractivity contribution in [2.45, 2.75) is 361 Å². The molecule has 0 saturated carbocycles. The first-order valence-electron chi connectivity index (χ1n) is 35.2. The Morgan fingerprint density at radius 1 is 0.326 bits per heavy atom. The molecule has 86 heavy (non-hydrogen) atoms. The van der Waals surface area contributed by atoms with Crippen molar-refractivity contribution < 1.29 is 80.2 Å². The topological polar surface area (TPSA) is 237 Å². The molecule has 510 valence electrons. The van der Waals surface area contributed by atoms with Crippen LogP contribution >= 0.6 is 15.6 Å². The molecule has 19 heteroatoms. The molecule has 6 atom stereocenters. The van der Waals surface area contributed by atoms with Crippen LogP contribution in [0.15, 0.2) is 0 Å². The average molecular weight is 1270 g/mol. The van der Waals surface area contributed by atoms with Crippen LogP contribution in [0.4, 0.5) is 0 Å². The van der Waals surface area contributed by atoms with Crippen LogP contribution in [-0.4, -0.2) is 96.7 Å². The number of carbonyl (C=O) groups excluding carboxylic acids is 4. The molecule has 0 aliphatic heterocycles. The zero-order chi connectivity index (χ0) is 63.5. The lowest BCUT2D eigenvalue weighted by Crippen LogP contribution is -2.30. The van der Waals surface area contributed by atoms with Gasteiger partial charge < -0.3 is 33.8 Å². The SMILES string of the molecule is CCCCCCCCCCCCCCC(=O)OC[C@H](COP(=O)(O)OC[C@@H](O)COP(=O)(O)OC[C@@H](COC(=O)CCCCCCC)OC(=O)CCCCCCCCC)OC(=O)CCCCCCCCCCCCCCCCCCCCC(C)CC. The highest BCUT2D eigenvalue weighted by molar-refractivity contribution is 7.47. The molecule has 0 rings (SSSR count). The number of phosphoric acid groups is 2. The number of esters is 4. The number of hydrogen-bond donors (Lipinski definition) is 3. The van der Waals surface area contributed by atoms with E-state index in [4.69, 9.17) is 37.0 Å². The van der Waals surface area contributed by atoms with Crippen molar-refractivity contribution in [1.82, 2.24) is 0 Å². The summed E-state index contributed by atoms with van der Waals surface area (Å²) in [6.45, 7) is 7.15. The fourth-order valence-electron chi connectivity index (χ4n) is 10.1. The number of carbonyl (C=O) groups is 4. The molecule has 0 aromatic heterocycles. The van der Waals surface area contributed by atoms with Crippen molar-refractivity contribution in [3.63, 3.8) is 0 Å². The van der Waals surface area contributed by atoms with Gasteiger partial charge in [-0.3, -0.25) is 37.3 Å². The van der Waals surface area contributed by atoms with Crippen molar-refractivity contribution in [2.24, 2.45) is 5.92 Å². The third-order valence-corrected chi connectivity index (χ3v) is 17.8. The number of unbranched alkanes of at least 4 members (excludes halogenated alkanes) is 38. The zero-order valence-corrected chi connectivity index (χ0v) is 57.2. The molecule has 0 spiro atoms. The summed E-state index contributed by atoms with van der Waals surface area (Å²) in [6, 6.07) is 0. The summed E-state index contributed by atoms with van der Waals surface area (Å²) in [5, 5.41) is 10.5. The quantitative estimate of drug-likeness (QED) is 0.0222. The molecular formula is C67H130O17P2. The molecule has 0 heterocycles. The lowest BCUT2D eigenvalue weighted by Gasteiger charge is -2.21. The Kier molecular flexibility index (Phi) is 59.2. The number of hydrogen-bond acceptors (Lipinski definition) is 15. The van der Waals surface area contributed by atoms with Gasteiger partial charge in [0.1, 0.15) is 19.3 Å². The third kappa shape index (κ3) is 59.7. The van der Waals surface area contributed by atoms with Crippen LogP contribution in [0.1, 0.15) is 343 Å². The number of aliphatic hydroxyl groups excluding tert-OH is 1. The highest BCUT2D eigenvalue weighted by Crippen LogP contribution is 2.45. The van der Waals surface area contributed by atoms with Gasteiger partial charge in [-0.1, -0.05) is 291 Å². The van der Waals surface area contributed by atoms with E-state index < -0.39 is 97.5 Å². The molecule has 0 radical (unpaired) electrons. The van der Waals surface area contributed by atoms with Crippen molar-refractivity contribution in [2.75, 3.05) is 39.6 Å². The van der Waals surface area contributed by atoms with E-state index in [0.717, 1.165) is 115 Å². The fourth-order valence-corrected chi connectivity index (χ4v) is 11.7. The van der Waals surface area contributed by atoms with E-state index in [-0.39, 0.29) is 25.7 Å². The molecule has 0 bridgehead atoms. The Morgan fingerprint density at radius 3 is 0.826 bits per heavy atom. The second-order valence-electron chi connectivity index (χ2n) is 24.5. The normalized spacial score (nSPS) is 14.5. The maximum Gasteiger partial charge on any atom is 0.472 e. The first kappa shape index (κ1) is 84.1. The highest BCUT2D eigenvalue weighted by atomic mass is 31.2. The molecule has 0 aromatic carbocycles. The highest BCUT2D eigenvalue weighted by Gasteiger charge is 2.30. The summed E-state index contributed by atoms with van der Waals surface area (Å²) in [7, 11) is -9.87. The van der Waals surface area contributed by atoms with E-state index in [1.807, 2.05) is 0 Å². The zero-order valence-electron chi connectivity index (χ0n) is 55.4. The molecule has 3 unspecified atom stereocenters. The lowest BCUT2D eigenvalue weighted by molar-refractivity contribution is -0.161. The van der Waals surface area contributed by atoms with E-state index in [1.165, 1.54) is 148 Å². The van der Waals surface area contributed by atoms with Crippen LogP contribution in [0.5, 0.6) is 0 Å². The van der Waals surface area contributed by atoms with Crippen LogP contribution in [-0.2, 0) is 65.4 Å². The van der Waals surface area contributed by atoms with Crippen LogP contribution in [0.3, 0.4) is 0 Å². The monoisotopic (exact) mass is 1270 g/mol. The average Bonchev–Trinajstić information content (AvgIpc) is 3.65. The Hall–Kier alpha value is -1.94. The van der Waals surface area contributed by atoms with Crippen LogP contribution < -0.4 is 0 Å². The predicted molar refractivity (Wildman–Crippen MR) is 345 cm³/mol. The van der Waals surface area contributed by atoms with Crippen LogP contribution in [0.2, 0.25) is 0 Å². The largest absolute Gasteiger partial charge is 0.472 e. The Bertz CT molecular complexity index is 1670. The lowest BCUT2D eigenvalue weighted by atomic mass is 9.99. The molecule has 0 aliphatic rings. The van der Waals surface area contributed by atoms with Gasteiger partial charge in [-0.2, -0.15) is 0 Å². The van der Waals surface area contributed by atoms with Crippen LogP contribution in [0, 0.1) is 5.92 Å². The minimum atomic E-state index is -4.94. The summed E-state index contributed by atoms with van der Waals surface area (Å²) in [5.74, 6) is -1.27. The molecule has 0 saturated heterocycles. The Labute approximate surface area is 524 Å². The molecule has 0 amide bonds. The van der Waals surface area contributed by atoms with Gasteiger partial charge in [0.2, 0.25) is 0 Å². The summed E-state index contributed by atoms with van der Waals surface area (Å²) in [5.41, 5.74) is 0. The maximum absolute atomic E-state index is 13.0. The molecule has 0 aliphatic carbocycles. The van der Waals surface area contributed by atoms with Gasteiger partial charge >= 0.3 is 39.5 Å². The molecule has 0 fully saturated rings. The van der Waals surface area contributed by atoms with Gasteiger partial charge in [0.25, 0.3) is 0 Å². The smallest absolute Gasteiger partial charge is 0.462 e. The van der Waals surface area contributed by atoms with Gasteiger partial charge in [-0.15, -0.1) is 0 Å². The van der Waals surface area contributed by atoms with Gasteiger partial charge in [0.15, 0.2) is 12.2 Å². The minimum absolute atomic E-state index is 0.103. The predicted octanol–water partition coefficient (Wildman–Crippen LogP) is 19.0. The molecule has 0 aromatic rings. The van der Waals surface area contributed by atoms with E-state index in [2.05, 4.69) is 34.6 Å². The van der Waals surface area contributed by atoms with E-state index in [9.17, 15) is 43.2 Å². The van der Waals surface area contributed by atoms with Gasteiger partial charge in [-0.05, 0) is 31.6 Å². The molecule has 3 N–H and O–H groups in total. The first-order valence-corrected chi connectivity index (χ1v) is 38.2. The van der Waals surface area contributed by atoms with Gasteiger partial charge in [0, 0.05) is 25.7 Å². The second-order valence-corrected chi connectivity index (χ2v) is 27.4. The van der Waals surface area contributed by atoms with Crippen molar-refractivity contribution in [1.29, 1.82) is 0 Å². The summed E-state index contributed by atoms with van der Waals surface area (Å²) >= 11 is 0. The van der Waals surface area contributed by atoms with Crippen molar-refractivity contribution in [3.8, 4) is 0 Å². The Balaban J connectivity index is 5.05. The van der Waals surface area contributed by atoms with Gasteiger partial charge in [-0.25, -0.2) is 9.13 Å². The molecule has 17 nitrogen and oxygen atoms in total. The summed E-state index contributed by atoms with van der Waals surface area (Å²) in [4.78, 5) is 71.9. The summed E-state index contributed by atoms with van der Waals surface area (Å²) < 4.78 is 67.8. The Morgan fingerprint density at radius 2 is 0.558 bits per heavy atom. The van der Waals surface area contributed by atoms with E-state index in [0.29, 0.717) is 25.7 Å². The number of aliphatic hydroxyl groups is 1. The standard InChI is InChI=1S/C67H130O17P2/c1-6-10-13-16-18-19-20-30-33-37-41-46-51-65(70)78-57-63(84-67(72)53-48-43-38-34-31-28-26-24-22-21-23-25-27-29-32-36-40-44-49-60(5)9-4)59-82-86(75,76)80-55-61(68)54-79-85(73,74)81-58-62(56-77-64(69)50-45-39-15-12-8-3)83-66(71)52-47-42-35-17-14-11-7-2/h60-63,68H,6-59H2,1-5H3,(H,73,74)(H,75,76)/t60?,61-,62+,63+/m0/s1. The van der Waals surface area contributed by atoms with Crippen LogP contribution in [0.25, 0.3) is 0 Å². The van der Waals surface area contributed by atoms with Gasteiger partial charge in [0.05, 0.1) is 26.4 Å². The third-order valence-electron chi connectivity index (χ3n) is 15.9. The maximum atomic E-state index is 13.0. The number of rotatable bonds is 67. The second kappa shape index (κ2) is 60.6. The van der Waals surface area contributed by atoms with Crippen molar-refractivity contribution >= 4 is 39.5 Å². The summed E-state index contributed by atoms with van der Waals surface area (Å²) in [6.07, 6.45) is 46.4. The fraction of sp³-hybridized carbons (Fsp3) is 0.940. The number of phosphoric ester groups is 2. The van der Waals surface area contributed by atoms with E-state index in [1.54, 1.807) is 0 Å². The molecular weight excluding hydrogens is 1140 g/mol. The minimum Gasteiger partial charge on any atom is -0.462 e.